The van der Waals surface area contributed by atoms with Crippen molar-refractivity contribution in [3.63, 3.8) is 0 Å². The zero-order valence-electron chi connectivity index (χ0n) is 24.3. The second kappa shape index (κ2) is 14.5. The predicted octanol–water partition coefficient (Wildman–Crippen LogP) is 6.06. The molecule has 44 heavy (non-hydrogen) atoms. The van der Waals surface area contributed by atoms with Crippen molar-refractivity contribution >= 4 is 46.8 Å². The summed E-state index contributed by atoms with van der Waals surface area (Å²) in [6, 6.07) is 18.8. The summed E-state index contributed by atoms with van der Waals surface area (Å²) in [7, 11) is 0. The topological polar surface area (TPSA) is 114 Å². The van der Waals surface area contributed by atoms with Gasteiger partial charge in [0.25, 0.3) is 5.91 Å². The molecule has 1 aliphatic heterocycles. The number of carbonyl (C=O) groups is 3. The van der Waals surface area contributed by atoms with Crippen LogP contribution < -0.4 is 15.0 Å². The molecule has 2 amide bonds. The summed E-state index contributed by atoms with van der Waals surface area (Å²) in [5, 5.41) is 16.6. The summed E-state index contributed by atoms with van der Waals surface area (Å²) in [5.74, 6) is 0.324. The first-order chi connectivity index (χ1) is 21.3. The molecule has 0 unspecified atom stereocenters. The zero-order chi connectivity index (χ0) is 31.1. The zero-order valence-corrected chi connectivity index (χ0v) is 25.9. The number of benzene rings is 3. The highest BCUT2D eigenvalue weighted by Gasteiger charge is 2.25. The van der Waals surface area contributed by atoms with E-state index < -0.39 is 5.97 Å². The van der Waals surface area contributed by atoms with E-state index in [9.17, 15) is 14.4 Å². The number of hydrogen-bond donors (Lipinski definition) is 2. The number of rotatable bonds is 12. The van der Waals surface area contributed by atoms with Gasteiger partial charge < -0.3 is 20.1 Å². The largest absolute Gasteiger partial charge is 0.493 e. The van der Waals surface area contributed by atoms with Crippen molar-refractivity contribution in [1.29, 1.82) is 0 Å². The van der Waals surface area contributed by atoms with Crippen molar-refractivity contribution in [2.75, 3.05) is 30.3 Å². The van der Waals surface area contributed by atoms with Crippen molar-refractivity contribution in [2.24, 2.45) is 0 Å². The molecule has 2 N–H and O–H groups in total. The molecule has 3 aromatic carbocycles. The van der Waals surface area contributed by atoms with Gasteiger partial charge in [0.2, 0.25) is 5.91 Å². The van der Waals surface area contributed by atoms with Crippen LogP contribution in [0.2, 0.25) is 5.02 Å². The van der Waals surface area contributed by atoms with E-state index >= 15 is 0 Å². The molecule has 0 saturated heterocycles. The number of thioether (sulfide) groups is 1. The average molecular weight is 633 g/mol. The molecule has 9 nitrogen and oxygen atoms in total. The molecular formula is C33H33ClN4O5S. The number of ether oxygens (including phenoxy) is 1. The van der Waals surface area contributed by atoms with Gasteiger partial charge >= 0.3 is 5.97 Å². The number of hydrogen-bond acceptors (Lipinski definition) is 6. The second-order valence-corrected chi connectivity index (χ2v) is 11.9. The van der Waals surface area contributed by atoms with Gasteiger partial charge in [0.05, 0.1) is 31.5 Å². The van der Waals surface area contributed by atoms with Crippen LogP contribution in [-0.2, 0) is 16.1 Å². The number of anilines is 1. The number of aromatic nitrogens is 2. The Morgan fingerprint density at radius 1 is 1.09 bits per heavy atom. The molecule has 1 aliphatic rings. The Morgan fingerprint density at radius 3 is 2.75 bits per heavy atom. The van der Waals surface area contributed by atoms with Gasteiger partial charge in [-0.15, -0.1) is 11.8 Å². The van der Waals surface area contributed by atoms with E-state index in [1.165, 1.54) is 0 Å². The van der Waals surface area contributed by atoms with Gasteiger partial charge in [-0.1, -0.05) is 41.9 Å². The molecule has 0 radical (unpaired) electrons. The molecule has 2 heterocycles. The van der Waals surface area contributed by atoms with Crippen LogP contribution in [-0.4, -0.2) is 58.1 Å². The maximum atomic E-state index is 13.3. The third-order valence-electron chi connectivity index (χ3n) is 7.26. The molecule has 228 valence electrons. The van der Waals surface area contributed by atoms with E-state index in [-0.39, 0.29) is 24.8 Å². The predicted molar refractivity (Wildman–Crippen MR) is 172 cm³/mol. The van der Waals surface area contributed by atoms with Gasteiger partial charge in [-0.3, -0.25) is 19.1 Å². The van der Waals surface area contributed by atoms with Crippen LogP contribution in [0.4, 0.5) is 5.69 Å². The fourth-order valence-electron chi connectivity index (χ4n) is 4.99. The maximum absolute atomic E-state index is 13.3. The van der Waals surface area contributed by atoms with Crippen LogP contribution >= 0.6 is 23.4 Å². The first-order valence-electron chi connectivity index (χ1n) is 14.4. The summed E-state index contributed by atoms with van der Waals surface area (Å²) in [6.45, 7) is 3.52. The summed E-state index contributed by atoms with van der Waals surface area (Å²) >= 11 is 7.92. The van der Waals surface area contributed by atoms with Crippen LogP contribution in [0.3, 0.4) is 0 Å². The minimum Gasteiger partial charge on any atom is -0.493 e. The first kappa shape index (κ1) is 31.2. The molecular weight excluding hydrogens is 600 g/mol. The van der Waals surface area contributed by atoms with E-state index in [2.05, 4.69) is 10.4 Å². The van der Waals surface area contributed by atoms with Crippen molar-refractivity contribution in [3.8, 4) is 16.9 Å². The quantitative estimate of drug-likeness (QED) is 0.182. The molecule has 0 fully saturated rings. The van der Waals surface area contributed by atoms with Crippen LogP contribution in [0, 0.1) is 6.92 Å². The van der Waals surface area contributed by atoms with Crippen LogP contribution in [0.5, 0.6) is 5.75 Å². The molecule has 11 heteroatoms. The highest BCUT2D eigenvalue weighted by Crippen LogP contribution is 2.42. The lowest BCUT2D eigenvalue weighted by Gasteiger charge is -2.30. The fourth-order valence-corrected chi connectivity index (χ4v) is 6.30. The summed E-state index contributed by atoms with van der Waals surface area (Å²) in [6.07, 6.45) is 4.62. The third kappa shape index (κ3) is 7.62. The molecule has 0 atom stereocenters. The monoisotopic (exact) mass is 632 g/mol. The van der Waals surface area contributed by atoms with Gasteiger partial charge in [0.1, 0.15) is 5.75 Å². The number of carboxylic acid groups (broad SMARTS) is 1. The normalized spacial score (nSPS) is 12.5. The number of aliphatic carboxylic acids is 1. The van der Waals surface area contributed by atoms with Crippen LogP contribution in [0.1, 0.15) is 40.7 Å². The van der Waals surface area contributed by atoms with E-state index in [0.717, 1.165) is 44.3 Å². The Labute approximate surface area is 265 Å². The molecule has 1 aromatic heterocycles. The maximum Gasteiger partial charge on any atom is 0.305 e. The molecule has 4 aromatic rings. The number of fused-ring (bicyclic) bond motifs is 1. The van der Waals surface area contributed by atoms with Crippen LogP contribution in [0.25, 0.3) is 11.1 Å². The molecule has 0 bridgehead atoms. The number of carboxylic acids is 1. The Kier molecular flexibility index (Phi) is 10.2. The number of halogens is 1. The smallest absolute Gasteiger partial charge is 0.305 e. The third-order valence-corrected chi connectivity index (χ3v) is 8.77. The van der Waals surface area contributed by atoms with Crippen molar-refractivity contribution in [1.82, 2.24) is 15.1 Å². The lowest BCUT2D eigenvalue weighted by molar-refractivity contribution is -0.136. The van der Waals surface area contributed by atoms with Gasteiger partial charge in [-0.05, 0) is 49.2 Å². The number of amides is 2. The van der Waals surface area contributed by atoms with Crippen molar-refractivity contribution in [2.45, 2.75) is 37.6 Å². The average Bonchev–Trinajstić information content (AvgIpc) is 3.48. The molecule has 5 rings (SSSR count). The van der Waals surface area contributed by atoms with Gasteiger partial charge in [-0.25, -0.2) is 0 Å². The van der Waals surface area contributed by atoms with E-state index in [0.29, 0.717) is 43.1 Å². The molecule has 0 aliphatic carbocycles. The lowest BCUT2D eigenvalue weighted by atomic mass is 10.1. The SMILES string of the molecule is Cc1c(Cl)cccc1OCCCC(=O)N1CCSc2c(-c3cnn(Cc4cccc(C(=O)NCCC(=O)O)c4)c3)cccc21. The van der Waals surface area contributed by atoms with Crippen molar-refractivity contribution in [3.05, 3.63) is 94.8 Å². The Hall–Kier alpha value is -4.28. The van der Waals surface area contributed by atoms with Crippen LogP contribution in [0.15, 0.2) is 78.0 Å². The summed E-state index contributed by atoms with van der Waals surface area (Å²) in [5.41, 5.74) is 5.11. The highest BCUT2D eigenvalue weighted by atomic mass is 35.5. The minimum absolute atomic E-state index is 0.0673. The fraction of sp³-hybridized carbons (Fsp3) is 0.273. The van der Waals surface area contributed by atoms with Crippen molar-refractivity contribution < 1.29 is 24.2 Å². The molecule has 0 saturated carbocycles. The van der Waals surface area contributed by atoms with E-state index in [1.807, 2.05) is 71.4 Å². The highest BCUT2D eigenvalue weighted by molar-refractivity contribution is 7.99. The van der Waals surface area contributed by atoms with E-state index in [1.54, 1.807) is 30.0 Å². The number of nitrogens with zero attached hydrogens (tertiary/aromatic N) is 3. The van der Waals surface area contributed by atoms with Gasteiger partial charge in [0.15, 0.2) is 0 Å². The second-order valence-electron chi connectivity index (χ2n) is 10.4. The first-order valence-corrected chi connectivity index (χ1v) is 15.7. The summed E-state index contributed by atoms with van der Waals surface area (Å²) < 4.78 is 7.69. The summed E-state index contributed by atoms with van der Waals surface area (Å²) in [4.78, 5) is 39.3. The van der Waals surface area contributed by atoms with Gasteiger partial charge in [0, 0.05) is 63.6 Å². The lowest BCUT2D eigenvalue weighted by Crippen LogP contribution is -2.35. The van der Waals surface area contributed by atoms with E-state index in [4.69, 9.17) is 21.4 Å². The number of carbonyl (C=O) groups excluding carboxylic acids is 2. The number of nitrogens with one attached hydrogen (secondary N) is 1. The Balaban J connectivity index is 1.22. The standard InChI is InChI=1S/C33H33ClN4O5S/c1-22-27(34)9-4-11-29(22)43-16-5-12-30(39)38-15-17-44-32-26(8-3-10-28(32)38)25-19-36-37(21-25)20-23-6-2-7-24(18-23)33(42)35-14-13-31(40)41/h2-4,6-11,18-19,21H,5,12-17,20H2,1H3,(H,35,42)(H,40,41). The Morgan fingerprint density at radius 2 is 1.91 bits per heavy atom. The minimum atomic E-state index is -0.961. The van der Waals surface area contributed by atoms with Gasteiger partial charge in [-0.2, -0.15) is 5.10 Å². The Bertz CT molecular complexity index is 1670. The molecule has 0 spiro atoms.